The van der Waals surface area contributed by atoms with Crippen LogP contribution < -0.4 is 5.32 Å². The fourth-order valence-corrected chi connectivity index (χ4v) is 2.16. The van der Waals surface area contributed by atoms with E-state index in [1.54, 1.807) is 6.20 Å². The number of hydrogen-bond acceptors (Lipinski definition) is 3. The van der Waals surface area contributed by atoms with E-state index in [0.29, 0.717) is 18.5 Å². The first-order valence-corrected chi connectivity index (χ1v) is 6.92. The van der Waals surface area contributed by atoms with E-state index in [0.717, 1.165) is 22.8 Å². The summed E-state index contributed by atoms with van der Waals surface area (Å²) < 4.78 is 5.18. The van der Waals surface area contributed by atoms with Gasteiger partial charge in [0.1, 0.15) is 5.60 Å². The van der Waals surface area contributed by atoms with Crippen LogP contribution in [-0.4, -0.2) is 29.5 Å². The monoisotopic (exact) mass is 288 g/mol. The Labute approximate surface area is 123 Å². The number of hydrogen-bond donors (Lipinski definition) is 2. The largest absolute Gasteiger partial charge is 0.444 e. The maximum absolute atomic E-state index is 11.6. The van der Waals surface area contributed by atoms with E-state index in [1.165, 1.54) is 0 Å². The van der Waals surface area contributed by atoms with Gasteiger partial charge in [0.05, 0.1) is 0 Å². The van der Waals surface area contributed by atoms with Crippen LogP contribution in [0, 0.1) is 0 Å². The highest BCUT2D eigenvalue weighted by Crippen LogP contribution is 2.20. The minimum Gasteiger partial charge on any atom is -0.444 e. The fourth-order valence-electron chi connectivity index (χ4n) is 2.16. The van der Waals surface area contributed by atoms with Crippen LogP contribution in [0.2, 0.25) is 0 Å². The first kappa shape index (κ1) is 15.1. The Balaban J connectivity index is 2.00. The molecule has 0 saturated carbocycles. The molecule has 0 radical (unpaired) electrons. The third-order valence-corrected chi connectivity index (χ3v) is 3.02. The molecule has 112 valence electrons. The molecule has 0 unspecified atom stereocenters. The van der Waals surface area contributed by atoms with Crippen molar-refractivity contribution in [2.45, 2.75) is 32.8 Å². The maximum atomic E-state index is 11.6. The molecule has 21 heavy (non-hydrogen) atoms. The third kappa shape index (κ3) is 3.84. The Hall–Kier alpha value is -2.30. The molecule has 2 aromatic rings. The first-order chi connectivity index (χ1) is 9.90. The van der Waals surface area contributed by atoms with Gasteiger partial charge >= 0.3 is 6.09 Å². The van der Waals surface area contributed by atoms with Gasteiger partial charge in [0.25, 0.3) is 0 Å². The van der Waals surface area contributed by atoms with Crippen molar-refractivity contribution in [3.8, 4) is 0 Å². The summed E-state index contributed by atoms with van der Waals surface area (Å²) in [6.45, 7) is 5.96. The average molecular weight is 288 g/mol. The highest BCUT2D eigenvalue weighted by atomic mass is 16.6. The molecule has 0 aliphatic rings. The lowest BCUT2D eigenvalue weighted by atomic mass is 10.1. The van der Waals surface area contributed by atoms with Crippen LogP contribution in [0.1, 0.15) is 36.7 Å². The Bertz CT molecular complexity index is 653. The van der Waals surface area contributed by atoms with Crippen molar-refractivity contribution in [3.63, 3.8) is 0 Å². The summed E-state index contributed by atoms with van der Waals surface area (Å²) in [5.74, 6) is 0. The van der Waals surface area contributed by atoms with Crippen molar-refractivity contribution in [2.24, 2.45) is 0 Å². The molecule has 1 aromatic carbocycles. The van der Waals surface area contributed by atoms with Crippen LogP contribution in [0.3, 0.4) is 0 Å². The van der Waals surface area contributed by atoms with Gasteiger partial charge in [-0.2, -0.15) is 0 Å². The zero-order valence-electron chi connectivity index (χ0n) is 12.5. The van der Waals surface area contributed by atoms with Crippen molar-refractivity contribution in [3.05, 3.63) is 35.5 Å². The predicted molar refractivity (Wildman–Crippen MR) is 81.6 cm³/mol. The van der Waals surface area contributed by atoms with Crippen LogP contribution in [0.25, 0.3) is 10.9 Å². The van der Waals surface area contributed by atoms with Crippen molar-refractivity contribution < 1.29 is 14.3 Å². The summed E-state index contributed by atoms with van der Waals surface area (Å²) >= 11 is 0. The summed E-state index contributed by atoms with van der Waals surface area (Å²) in [7, 11) is 0. The lowest BCUT2D eigenvalue weighted by Gasteiger charge is -2.19. The van der Waals surface area contributed by atoms with Gasteiger partial charge in [-0.15, -0.1) is 0 Å². The number of rotatable bonds is 4. The molecule has 1 amide bonds. The summed E-state index contributed by atoms with van der Waals surface area (Å²) in [6, 6.07) is 5.79. The van der Waals surface area contributed by atoms with E-state index in [2.05, 4.69) is 10.3 Å². The third-order valence-electron chi connectivity index (χ3n) is 3.02. The molecular formula is C16H20N2O3. The molecule has 0 bridgehead atoms. The number of nitrogens with one attached hydrogen (secondary N) is 2. The van der Waals surface area contributed by atoms with Gasteiger partial charge in [-0.1, -0.05) is 18.2 Å². The molecule has 0 aliphatic carbocycles. The second kappa shape index (κ2) is 5.99. The van der Waals surface area contributed by atoms with E-state index in [4.69, 9.17) is 4.74 Å². The molecule has 5 nitrogen and oxygen atoms in total. The van der Waals surface area contributed by atoms with Gasteiger partial charge in [0.2, 0.25) is 0 Å². The van der Waals surface area contributed by atoms with E-state index in [-0.39, 0.29) is 0 Å². The Morgan fingerprint density at radius 2 is 2.14 bits per heavy atom. The lowest BCUT2D eigenvalue weighted by Crippen LogP contribution is -2.33. The number of H-pyrrole nitrogens is 1. The summed E-state index contributed by atoms with van der Waals surface area (Å²) in [4.78, 5) is 25.6. The van der Waals surface area contributed by atoms with Gasteiger partial charge < -0.3 is 15.0 Å². The number of para-hydroxylation sites is 1. The standard InChI is InChI=1S/C16H20N2O3/c1-16(2,3)21-15(20)17-8-7-11-5-4-6-13-12(10-19)9-18-14(11)13/h4-6,9-10,18H,7-8H2,1-3H3,(H,17,20). The predicted octanol–water partition coefficient (Wildman–Crippen LogP) is 3.05. The number of ether oxygens (including phenoxy) is 1. The smallest absolute Gasteiger partial charge is 0.407 e. The molecular weight excluding hydrogens is 268 g/mol. The number of amides is 1. The number of aldehydes is 1. The van der Waals surface area contributed by atoms with Crippen molar-refractivity contribution in [1.29, 1.82) is 0 Å². The second-order valence-corrected chi connectivity index (χ2v) is 5.88. The van der Waals surface area contributed by atoms with Crippen LogP contribution in [0.15, 0.2) is 24.4 Å². The summed E-state index contributed by atoms with van der Waals surface area (Å²) in [6.07, 6.45) is 2.77. The Morgan fingerprint density at radius 3 is 2.81 bits per heavy atom. The van der Waals surface area contributed by atoms with Crippen molar-refractivity contribution in [2.75, 3.05) is 6.54 Å². The zero-order valence-corrected chi connectivity index (χ0v) is 12.5. The molecule has 5 heteroatoms. The topological polar surface area (TPSA) is 71.2 Å². The molecule has 0 fully saturated rings. The second-order valence-electron chi connectivity index (χ2n) is 5.88. The highest BCUT2D eigenvalue weighted by molar-refractivity contribution is 5.98. The van der Waals surface area contributed by atoms with Crippen molar-refractivity contribution in [1.82, 2.24) is 10.3 Å². The molecule has 0 spiro atoms. The minimum absolute atomic E-state index is 0.422. The normalized spacial score (nSPS) is 11.4. The van der Waals surface area contributed by atoms with Crippen LogP contribution in [0.5, 0.6) is 0 Å². The van der Waals surface area contributed by atoms with Gasteiger partial charge in [0.15, 0.2) is 6.29 Å². The number of carbonyl (C=O) groups excluding carboxylic acids is 2. The average Bonchev–Trinajstić information content (AvgIpc) is 2.80. The van der Waals surface area contributed by atoms with E-state index in [9.17, 15) is 9.59 Å². The molecule has 0 atom stereocenters. The summed E-state index contributed by atoms with van der Waals surface area (Å²) in [5, 5.41) is 3.63. The zero-order chi connectivity index (χ0) is 15.5. The molecule has 0 saturated heterocycles. The Kier molecular flexibility index (Phi) is 4.31. The molecule has 2 N–H and O–H groups in total. The molecule has 2 rings (SSSR count). The summed E-state index contributed by atoms with van der Waals surface area (Å²) in [5.41, 5.74) is 2.14. The van der Waals surface area contributed by atoms with Crippen LogP contribution in [-0.2, 0) is 11.2 Å². The fraction of sp³-hybridized carbons (Fsp3) is 0.375. The first-order valence-electron chi connectivity index (χ1n) is 6.92. The SMILES string of the molecule is CC(C)(C)OC(=O)NCCc1cccc2c(C=O)c[nH]c12. The number of aromatic amines is 1. The van der Waals surface area contributed by atoms with Gasteiger partial charge in [0, 0.05) is 29.2 Å². The van der Waals surface area contributed by atoms with Crippen molar-refractivity contribution >= 4 is 23.3 Å². The number of alkyl carbamates (subject to hydrolysis) is 1. The minimum atomic E-state index is -0.498. The lowest BCUT2D eigenvalue weighted by molar-refractivity contribution is 0.0528. The number of carbonyl (C=O) groups is 2. The van der Waals surface area contributed by atoms with E-state index >= 15 is 0 Å². The number of fused-ring (bicyclic) bond motifs is 1. The maximum Gasteiger partial charge on any atom is 0.407 e. The van der Waals surface area contributed by atoms with Crippen LogP contribution in [0.4, 0.5) is 4.79 Å². The quantitative estimate of drug-likeness (QED) is 0.849. The molecule has 1 heterocycles. The number of benzene rings is 1. The van der Waals surface area contributed by atoms with Gasteiger partial charge in [-0.3, -0.25) is 4.79 Å². The molecule has 1 aromatic heterocycles. The molecule has 0 aliphatic heterocycles. The highest BCUT2D eigenvalue weighted by Gasteiger charge is 2.15. The van der Waals surface area contributed by atoms with Gasteiger partial charge in [-0.05, 0) is 32.8 Å². The van der Waals surface area contributed by atoms with Gasteiger partial charge in [-0.25, -0.2) is 4.79 Å². The number of aromatic nitrogens is 1. The van der Waals surface area contributed by atoms with E-state index < -0.39 is 11.7 Å². The van der Waals surface area contributed by atoms with E-state index in [1.807, 2.05) is 39.0 Å². The van der Waals surface area contributed by atoms with Crippen LogP contribution >= 0.6 is 0 Å². The Morgan fingerprint density at radius 1 is 1.38 bits per heavy atom.